The predicted molar refractivity (Wildman–Crippen MR) is 75.7 cm³/mol. The zero-order valence-corrected chi connectivity index (χ0v) is 11.7. The zero-order chi connectivity index (χ0) is 14.8. The van der Waals surface area contributed by atoms with Crippen molar-refractivity contribution in [2.75, 3.05) is 6.54 Å². The minimum atomic E-state index is -0.926. The molecule has 112 valence electrons. The Labute approximate surface area is 123 Å². The molecule has 0 saturated carbocycles. The van der Waals surface area contributed by atoms with Crippen LogP contribution in [0.4, 0.5) is 0 Å². The summed E-state index contributed by atoms with van der Waals surface area (Å²) in [6, 6.07) is 9.88. The van der Waals surface area contributed by atoms with Crippen LogP contribution in [0, 0.1) is 11.8 Å². The lowest BCUT2D eigenvalue weighted by Crippen LogP contribution is -2.44. The molecule has 3 rings (SSSR count). The second-order valence-electron chi connectivity index (χ2n) is 5.71. The second-order valence-corrected chi connectivity index (χ2v) is 5.71. The molecular formula is C16H19NO4. The van der Waals surface area contributed by atoms with E-state index in [4.69, 9.17) is 4.74 Å². The van der Waals surface area contributed by atoms with Crippen molar-refractivity contribution in [1.82, 2.24) is 5.32 Å². The molecule has 2 fully saturated rings. The Hall–Kier alpha value is -1.88. The predicted octanol–water partition coefficient (Wildman–Crippen LogP) is 1.22. The van der Waals surface area contributed by atoms with E-state index in [1.54, 1.807) is 0 Å². The van der Waals surface area contributed by atoms with Crippen LogP contribution in [-0.2, 0) is 20.7 Å². The number of amides is 1. The first-order valence-corrected chi connectivity index (χ1v) is 7.36. The van der Waals surface area contributed by atoms with E-state index in [1.807, 2.05) is 30.3 Å². The van der Waals surface area contributed by atoms with E-state index in [0.29, 0.717) is 6.54 Å². The molecule has 0 aromatic heterocycles. The molecule has 5 heteroatoms. The van der Waals surface area contributed by atoms with Crippen LogP contribution in [0.15, 0.2) is 30.3 Å². The molecule has 2 aliphatic heterocycles. The Balaban J connectivity index is 1.56. The van der Waals surface area contributed by atoms with Gasteiger partial charge in [0.05, 0.1) is 24.0 Å². The SMILES string of the molecule is O=C(O)[C@@H]1[C@H](C(=O)NCCc2ccccc2)[C@H]2CC[C@H]1O2. The number of ether oxygens (including phenoxy) is 1. The van der Waals surface area contributed by atoms with E-state index in [-0.39, 0.29) is 18.1 Å². The van der Waals surface area contributed by atoms with Crippen LogP contribution in [0.25, 0.3) is 0 Å². The molecule has 0 radical (unpaired) electrons. The molecule has 21 heavy (non-hydrogen) atoms. The second kappa shape index (κ2) is 5.85. The minimum Gasteiger partial charge on any atom is -0.481 e. The van der Waals surface area contributed by atoms with Gasteiger partial charge in [0, 0.05) is 6.54 Å². The highest BCUT2D eigenvalue weighted by molar-refractivity contribution is 5.86. The molecule has 4 atom stereocenters. The van der Waals surface area contributed by atoms with Gasteiger partial charge in [-0.3, -0.25) is 9.59 Å². The molecule has 2 saturated heterocycles. The van der Waals surface area contributed by atoms with Crippen LogP contribution in [-0.4, -0.2) is 35.7 Å². The highest BCUT2D eigenvalue weighted by Crippen LogP contribution is 2.43. The van der Waals surface area contributed by atoms with Crippen molar-refractivity contribution in [3.05, 3.63) is 35.9 Å². The summed E-state index contributed by atoms with van der Waals surface area (Å²) in [4.78, 5) is 23.6. The maximum atomic E-state index is 12.3. The molecule has 2 N–H and O–H groups in total. The van der Waals surface area contributed by atoms with Crippen LogP contribution in [0.3, 0.4) is 0 Å². The number of benzene rings is 1. The Morgan fingerprint density at radius 2 is 1.81 bits per heavy atom. The molecule has 1 aromatic rings. The van der Waals surface area contributed by atoms with Crippen LogP contribution < -0.4 is 5.32 Å². The van der Waals surface area contributed by atoms with Gasteiger partial charge in [0.25, 0.3) is 0 Å². The van der Waals surface area contributed by atoms with Gasteiger partial charge in [-0.2, -0.15) is 0 Å². The topological polar surface area (TPSA) is 75.6 Å². The summed E-state index contributed by atoms with van der Waals surface area (Å²) in [7, 11) is 0. The van der Waals surface area contributed by atoms with Gasteiger partial charge in [-0.05, 0) is 24.8 Å². The fourth-order valence-electron chi connectivity index (χ4n) is 3.42. The van der Waals surface area contributed by atoms with Crippen LogP contribution >= 0.6 is 0 Å². The maximum Gasteiger partial charge on any atom is 0.310 e. The van der Waals surface area contributed by atoms with Crippen LogP contribution in [0.5, 0.6) is 0 Å². The average Bonchev–Trinajstić information content (AvgIpc) is 3.08. The van der Waals surface area contributed by atoms with Gasteiger partial charge in [0.1, 0.15) is 0 Å². The normalized spacial score (nSPS) is 30.3. The number of fused-ring (bicyclic) bond motifs is 2. The third-order valence-corrected chi connectivity index (χ3v) is 4.42. The lowest BCUT2D eigenvalue weighted by atomic mass is 9.78. The van der Waals surface area contributed by atoms with Crippen LogP contribution in [0.1, 0.15) is 18.4 Å². The third kappa shape index (κ3) is 2.78. The molecule has 2 aliphatic rings. The number of carboxylic acids is 1. The first-order valence-electron chi connectivity index (χ1n) is 7.36. The van der Waals surface area contributed by atoms with Crippen LogP contribution in [0.2, 0.25) is 0 Å². The molecule has 1 aromatic carbocycles. The van der Waals surface area contributed by atoms with Gasteiger partial charge in [-0.15, -0.1) is 0 Å². The molecule has 0 unspecified atom stereocenters. The lowest BCUT2D eigenvalue weighted by molar-refractivity contribution is -0.147. The van der Waals surface area contributed by atoms with Crippen molar-refractivity contribution in [3.8, 4) is 0 Å². The summed E-state index contributed by atoms with van der Waals surface area (Å²) in [5, 5.41) is 12.2. The number of carboxylic acid groups (broad SMARTS) is 1. The highest BCUT2D eigenvalue weighted by atomic mass is 16.5. The largest absolute Gasteiger partial charge is 0.481 e. The van der Waals surface area contributed by atoms with E-state index in [2.05, 4.69) is 5.32 Å². The van der Waals surface area contributed by atoms with E-state index in [9.17, 15) is 14.7 Å². The average molecular weight is 289 g/mol. The number of rotatable bonds is 5. The quantitative estimate of drug-likeness (QED) is 0.854. The van der Waals surface area contributed by atoms with Crippen molar-refractivity contribution < 1.29 is 19.4 Å². The Morgan fingerprint density at radius 3 is 2.48 bits per heavy atom. The molecule has 2 bridgehead atoms. The smallest absolute Gasteiger partial charge is 0.310 e. The van der Waals surface area contributed by atoms with Crippen molar-refractivity contribution in [3.63, 3.8) is 0 Å². The summed E-state index contributed by atoms with van der Waals surface area (Å²) in [5.74, 6) is -2.35. The molecule has 1 amide bonds. The van der Waals surface area contributed by atoms with Gasteiger partial charge in [-0.1, -0.05) is 30.3 Å². The van der Waals surface area contributed by atoms with E-state index in [1.165, 1.54) is 0 Å². The summed E-state index contributed by atoms with van der Waals surface area (Å²) >= 11 is 0. The molecular weight excluding hydrogens is 270 g/mol. The first kappa shape index (κ1) is 14.1. The monoisotopic (exact) mass is 289 g/mol. The van der Waals surface area contributed by atoms with Gasteiger partial charge in [0.15, 0.2) is 0 Å². The highest BCUT2D eigenvalue weighted by Gasteiger charge is 2.55. The fraction of sp³-hybridized carbons (Fsp3) is 0.500. The summed E-state index contributed by atoms with van der Waals surface area (Å²) < 4.78 is 5.60. The summed E-state index contributed by atoms with van der Waals surface area (Å²) in [6.45, 7) is 0.517. The molecule has 5 nitrogen and oxygen atoms in total. The number of hydrogen-bond donors (Lipinski definition) is 2. The number of carbonyl (C=O) groups excluding carboxylic acids is 1. The van der Waals surface area contributed by atoms with Crippen molar-refractivity contribution in [2.24, 2.45) is 11.8 Å². The molecule has 0 aliphatic carbocycles. The Kier molecular flexibility index (Phi) is 3.92. The van der Waals surface area contributed by atoms with E-state index >= 15 is 0 Å². The maximum absolute atomic E-state index is 12.3. The zero-order valence-electron chi connectivity index (χ0n) is 11.7. The standard InChI is InChI=1S/C16H19NO4/c18-15(17-9-8-10-4-2-1-3-5-10)13-11-6-7-12(21-11)14(13)16(19)20/h1-5,11-14H,6-9H2,(H,17,18)(H,19,20)/t11-,12-,13-,14+/m1/s1. The van der Waals surface area contributed by atoms with E-state index < -0.39 is 17.8 Å². The van der Waals surface area contributed by atoms with Gasteiger partial charge >= 0.3 is 5.97 Å². The van der Waals surface area contributed by atoms with Gasteiger partial charge in [-0.25, -0.2) is 0 Å². The molecule has 0 spiro atoms. The van der Waals surface area contributed by atoms with Crippen molar-refractivity contribution in [1.29, 1.82) is 0 Å². The minimum absolute atomic E-state index is 0.189. The summed E-state index contributed by atoms with van der Waals surface area (Å²) in [5.41, 5.74) is 1.15. The number of nitrogens with one attached hydrogen (secondary N) is 1. The Morgan fingerprint density at radius 1 is 1.14 bits per heavy atom. The lowest BCUT2D eigenvalue weighted by Gasteiger charge is -2.23. The fourth-order valence-corrected chi connectivity index (χ4v) is 3.42. The first-order chi connectivity index (χ1) is 10.2. The van der Waals surface area contributed by atoms with E-state index in [0.717, 1.165) is 24.8 Å². The van der Waals surface area contributed by atoms with Gasteiger partial charge < -0.3 is 15.2 Å². The Bertz CT molecular complexity index is 530. The number of hydrogen-bond acceptors (Lipinski definition) is 3. The van der Waals surface area contributed by atoms with Crippen molar-refractivity contribution in [2.45, 2.75) is 31.5 Å². The number of aliphatic carboxylic acids is 1. The molecule has 2 heterocycles. The number of carbonyl (C=O) groups is 2. The van der Waals surface area contributed by atoms with Gasteiger partial charge in [0.2, 0.25) is 5.91 Å². The summed E-state index contributed by atoms with van der Waals surface area (Å²) in [6.07, 6.45) is 1.75. The third-order valence-electron chi connectivity index (χ3n) is 4.42. The van der Waals surface area contributed by atoms with Crippen molar-refractivity contribution >= 4 is 11.9 Å².